The van der Waals surface area contributed by atoms with Crippen molar-refractivity contribution in [3.05, 3.63) is 86.4 Å². The summed E-state index contributed by atoms with van der Waals surface area (Å²) in [5.74, 6) is -0.286. The highest BCUT2D eigenvalue weighted by molar-refractivity contribution is 6.42. The summed E-state index contributed by atoms with van der Waals surface area (Å²) >= 11 is 18.7. The Hall–Kier alpha value is -2.73. The van der Waals surface area contributed by atoms with Crippen molar-refractivity contribution in [1.82, 2.24) is 0 Å². The van der Waals surface area contributed by atoms with Crippen LogP contribution < -0.4 is 15.4 Å². The molecule has 0 aliphatic rings. The molecule has 0 saturated heterocycles. The van der Waals surface area contributed by atoms with Crippen molar-refractivity contribution in [3.8, 4) is 5.75 Å². The van der Waals surface area contributed by atoms with E-state index in [0.29, 0.717) is 27.5 Å². The van der Waals surface area contributed by atoms with Crippen molar-refractivity contribution in [2.45, 2.75) is 20.3 Å². The van der Waals surface area contributed by atoms with Gasteiger partial charge in [-0.2, -0.15) is 0 Å². The van der Waals surface area contributed by atoms with E-state index in [-0.39, 0.29) is 40.6 Å². The van der Waals surface area contributed by atoms with E-state index >= 15 is 0 Å². The van der Waals surface area contributed by atoms with Crippen LogP contribution in [0.1, 0.15) is 16.7 Å². The topological polar surface area (TPSA) is 67.4 Å². The minimum absolute atomic E-state index is 0.122. The summed E-state index contributed by atoms with van der Waals surface area (Å²) in [4.78, 5) is 24.5. The van der Waals surface area contributed by atoms with Gasteiger partial charge in [-0.25, -0.2) is 0 Å². The third-order valence-electron chi connectivity index (χ3n) is 4.72. The van der Waals surface area contributed by atoms with Gasteiger partial charge in [0.1, 0.15) is 0 Å². The molecule has 3 aromatic rings. The van der Waals surface area contributed by atoms with Crippen molar-refractivity contribution < 1.29 is 14.3 Å². The maximum Gasteiger partial charge on any atom is 0.262 e. The molecule has 3 aromatic carbocycles. The highest BCUT2D eigenvalue weighted by Gasteiger charge is 2.18. The van der Waals surface area contributed by atoms with Gasteiger partial charge in [0.2, 0.25) is 5.91 Å². The quantitative estimate of drug-likeness (QED) is 0.398. The van der Waals surface area contributed by atoms with E-state index < -0.39 is 0 Å². The molecule has 0 atom stereocenters. The third kappa shape index (κ3) is 5.94. The van der Waals surface area contributed by atoms with E-state index in [1.807, 2.05) is 30.3 Å². The Morgan fingerprint density at radius 2 is 1.25 bits per heavy atom. The van der Waals surface area contributed by atoms with Crippen LogP contribution in [0.15, 0.2) is 54.6 Å². The van der Waals surface area contributed by atoms with Crippen LogP contribution in [0.4, 0.5) is 11.4 Å². The zero-order valence-electron chi connectivity index (χ0n) is 17.5. The van der Waals surface area contributed by atoms with Crippen molar-refractivity contribution in [2.24, 2.45) is 0 Å². The predicted molar refractivity (Wildman–Crippen MR) is 130 cm³/mol. The van der Waals surface area contributed by atoms with Gasteiger partial charge >= 0.3 is 0 Å². The Labute approximate surface area is 201 Å². The zero-order valence-corrected chi connectivity index (χ0v) is 19.7. The summed E-state index contributed by atoms with van der Waals surface area (Å²) in [6.07, 6.45) is 0.283. The first-order valence-electron chi connectivity index (χ1n) is 9.76. The molecular formula is C24H21Cl3N2O3. The largest absolute Gasteiger partial charge is 0.481 e. The predicted octanol–water partition coefficient (Wildman–Crippen LogP) is 6.46. The van der Waals surface area contributed by atoms with E-state index in [1.54, 1.807) is 38.1 Å². The molecule has 0 fully saturated rings. The first-order valence-corrected chi connectivity index (χ1v) is 10.9. The summed E-state index contributed by atoms with van der Waals surface area (Å²) in [5, 5.41) is 6.56. The highest BCUT2D eigenvalue weighted by atomic mass is 35.5. The fourth-order valence-corrected chi connectivity index (χ4v) is 3.82. The summed E-state index contributed by atoms with van der Waals surface area (Å²) in [5.41, 5.74) is 3.39. The molecule has 0 aromatic heterocycles. The SMILES string of the molecule is Cc1c(Cl)c(C)c(Cl)c(OCC(=O)Nc2ccc(NC(=O)Cc3ccccc3)cc2)c1Cl. The molecule has 5 nitrogen and oxygen atoms in total. The van der Waals surface area contributed by atoms with E-state index in [1.165, 1.54) is 0 Å². The average molecular weight is 492 g/mol. The van der Waals surface area contributed by atoms with Gasteiger partial charge in [0.05, 0.1) is 16.5 Å². The Morgan fingerprint density at radius 3 is 1.78 bits per heavy atom. The fraction of sp³-hybridized carbons (Fsp3) is 0.167. The minimum Gasteiger partial charge on any atom is -0.481 e. The van der Waals surface area contributed by atoms with Crippen LogP contribution in [0.2, 0.25) is 15.1 Å². The lowest BCUT2D eigenvalue weighted by Gasteiger charge is -2.15. The summed E-state index contributed by atoms with van der Waals surface area (Å²) in [7, 11) is 0. The van der Waals surface area contributed by atoms with Crippen LogP contribution in [0, 0.1) is 13.8 Å². The molecule has 32 heavy (non-hydrogen) atoms. The van der Waals surface area contributed by atoms with Crippen molar-refractivity contribution >= 4 is 58.0 Å². The van der Waals surface area contributed by atoms with Crippen LogP contribution in [0.25, 0.3) is 0 Å². The number of carbonyl (C=O) groups is 2. The molecule has 0 bridgehead atoms. The Balaban J connectivity index is 1.55. The van der Waals surface area contributed by atoms with E-state index in [0.717, 1.165) is 5.56 Å². The number of hydrogen-bond acceptors (Lipinski definition) is 3. The number of nitrogens with one attached hydrogen (secondary N) is 2. The molecule has 0 unspecified atom stereocenters. The molecule has 0 spiro atoms. The molecule has 2 N–H and O–H groups in total. The molecule has 0 radical (unpaired) electrons. The van der Waals surface area contributed by atoms with E-state index in [9.17, 15) is 9.59 Å². The van der Waals surface area contributed by atoms with Crippen LogP contribution in [0.3, 0.4) is 0 Å². The number of amides is 2. The molecule has 166 valence electrons. The van der Waals surface area contributed by atoms with Gasteiger partial charge in [-0.15, -0.1) is 0 Å². The van der Waals surface area contributed by atoms with Gasteiger partial charge in [-0.3, -0.25) is 9.59 Å². The van der Waals surface area contributed by atoms with Crippen LogP contribution in [-0.2, 0) is 16.0 Å². The smallest absolute Gasteiger partial charge is 0.262 e. The molecular weight excluding hydrogens is 471 g/mol. The number of carbonyl (C=O) groups excluding carboxylic acids is 2. The van der Waals surface area contributed by atoms with Crippen LogP contribution >= 0.6 is 34.8 Å². The monoisotopic (exact) mass is 490 g/mol. The van der Waals surface area contributed by atoms with Crippen LogP contribution in [0.5, 0.6) is 5.75 Å². The summed E-state index contributed by atoms with van der Waals surface area (Å²) < 4.78 is 5.56. The second-order valence-corrected chi connectivity index (χ2v) is 8.28. The van der Waals surface area contributed by atoms with Gasteiger partial charge in [0.25, 0.3) is 5.91 Å². The second-order valence-electron chi connectivity index (χ2n) is 7.15. The van der Waals surface area contributed by atoms with E-state index in [4.69, 9.17) is 39.5 Å². The molecule has 0 heterocycles. The number of ether oxygens (including phenoxy) is 1. The Bertz CT molecular complexity index is 1100. The Kier molecular flexibility index (Phi) is 8.02. The molecule has 2 amide bonds. The normalized spacial score (nSPS) is 10.5. The third-order valence-corrected chi connectivity index (χ3v) is 6.20. The number of hydrogen-bond donors (Lipinski definition) is 2. The standard InChI is InChI=1S/C24H21Cl3N2O3/c1-14-21(25)15(2)23(27)24(22(14)26)32-13-20(31)29-18-10-8-17(9-11-18)28-19(30)12-16-6-4-3-5-7-16/h3-11H,12-13H2,1-2H3,(H,28,30)(H,29,31). The van der Waals surface area contributed by atoms with Gasteiger partial charge in [0, 0.05) is 16.4 Å². The number of benzene rings is 3. The lowest BCUT2D eigenvalue weighted by molar-refractivity contribution is -0.118. The zero-order chi connectivity index (χ0) is 23.3. The van der Waals surface area contributed by atoms with Gasteiger partial charge in [-0.1, -0.05) is 65.1 Å². The van der Waals surface area contributed by atoms with Gasteiger partial charge in [-0.05, 0) is 54.8 Å². The number of halogens is 3. The van der Waals surface area contributed by atoms with Gasteiger partial charge < -0.3 is 15.4 Å². The van der Waals surface area contributed by atoms with Crippen LogP contribution in [-0.4, -0.2) is 18.4 Å². The second kappa shape index (κ2) is 10.7. The highest BCUT2D eigenvalue weighted by Crippen LogP contribution is 2.42. The van der Waals surface area contributed by atoms with Gasteiger partial charge in [0.15, 0.2) is 12.4 Å². The molecule has 8 heteroatoms. The minimum atomic E-state index is -0.386. The molecule has 3 rings (SSSR count). The number of anilines is 2. The maximum absolute atomic E-state index is 12.3. The Morgan fingerprint density at radius 1 is 0.750 bits per heavy atom. The molecule has 0 saturated carbocycles. The summed E-state index contributed by atoms with van der Waals surface area (Å²) in [6.45, 7) is 3.22. The first-order chi connectivity index (χ1) is 15.3. The van der Waals surface area contributed by atoms with E-state index in [2.05, 4.69) is 10.6 Å². The first kappa shape index (κ1) is 23.9. The lowest BCUT2D eigenvalue weighted by atomic mass is 10.1. The number of rotatable bonds is 7. The fourth-order valence-electron chi connectivity index (χ4n) is 3.00. The molecule has 0 aliphatic carbocycles. The molecule has 0 aliphatic heterocycles. The van der Waals surface area contributed by atoms with Crippen molar-refractivity contribution in [3.63, 3.8) is 0 Å². The summed E-state index contributed by atoms with van der Waals surface area (Å²) in [6, 6.07) is 16.3. The van der Waals surface area contributed by atoms with Crippen molar-refractivity contribution in [1.29, 1.82) is 0 Å². The average Bonchev–Trinajstić information content (AvgIpc) is 2.78. The van der Waals surface area contributed by atoms with Crippen molar-refractivity contribution in [2.75, 3.05) is 17.2 Å². The maximum atomic E-state index is 12.3. The lowest BCUT2D eigenvalue weighted by Crippen LogP contribution is -2.20.